The van der Waals surface area contributed by atoms with Gasteiger partial charge in [-0.25, -0.2) is 8.42 Å². The summed E-state index contributed by atoms with van der Waals surface area (Å²) in [5, 5.41) is 3.29. The van der Waals surface area contributed by atoms with Gasteiger partial charge < -0.3 is 4.74 Å². The van der Waals surface area contributed by atoms with Crippen LogP contribution in [-0.2, 0) is 9.05 Å². The van der Waals surface area contributed by atoms with E-state index in [4.69, 9.17) is 15.4 Å². The highest BCUT2D eigenvalue weighted by Gasteiger charge is 2.19. The van der Waals surface area contributed by atoms with E-state index in [1.165, 1.54) is 11.6 Å². The van der Waals surface area contributed by atoms with Crippen LogP contribution in [0.1, 0.15) is 0 Å². The van der Waals surface area contributed by atoms with Crippen LogP contribution in [0.5, 0.6) is 5.88 Å². The number of fused-ring (bicyclic) bond motifs is 1. The summed E-state index contributed by atoms with van der Waals surface area (Å²) in [7, 11) is 2.65. The standard InChI is InChI=1S/C7H5BrClN3O3S/c1-15-5-3-2-4(8)6-10-7(11-12(5)6)16(9,13)14/h2-3H,1H3. The zero-order chi connectivity index (χ0) is 11.9. The molecule has 0 saturated heterocycles. The number of hydrogen-bond acceptors (Lipinski definition) is 5. The Morgan fingerprint density at radius 1 is 1.50 bits per heavy atom. The molecule has 0 atom stereocenters. The van der Waals surface area contributed by atoms with Crippen LogP contribution < -0.4 is 4.74 Å². The summed E-state index contributed by atoms with van der Waals surface area (Å²) < 4.78 is 29.0. The average Bonchev–Trinajstić information content (AvgIpc) is 2.63. The van der Waals surface area contributed by atoms with E-state index in [-0.39, 0.29) is 0 Å². The van der Waals surface area contributed by atoms with Crippen LogP contribution in [0.25, 0.3) is 5.65 Å². The lowest BCUT2D eigenvalue weighted by Gasteiger charge is -2.01. The zero-order valence-electron chi connectivity index (χ0n) is 7.89. The topological polar surface area (TPSA) is 73.6 Å². The molecule has 0 unspecified atom stereocenters. The number of pyridine rings is 1. The van der Waals surface area contributed by atoms with E-state index in [0.29, 0.717) is 16.0 Å². The van der Waals surface area contributed by atoms with Crippen LogP contribution in [0, 0.1) is 0 Å². The Bertz CT molecular complexity index is 654. The minimum atomic E-state index is -3.95. The maximum Gasteiger partial charge on any atom is 0.298 e. The smallest absolute Gasteiger partial charge is 0.298 e. The molecule has 0 radical (unpaired) electrons. The molecule has 9 heteroatoms. The maximum atomic E-state index is 11.1. The Morgan fingerprint density at radius 2 is 2.19 bits per heavy atom. The van der Waals surface area contributed by atoms with Crippen LogP contribution in [0.3, 0.4) is 0 Å². The molecular weight excluding hydrogens is 322 g/mol. The van der Waals surface area contributed by atoms with Gasteiger partial charge in [-0.15, -0.1) is 5.10 Å². The molecule has 16 heavy (non-hydrogen) atoms. The van der Waals surface area contributed by atoms with E-state index >= 15 is 0 Å². The molecule has 0 saturated carbocycles. The molecule has 0 fully saturated rings. The highest BCUT2D eigenvalue weighted by molar-refractivity contribution is 9.10. The predicted octanol–water partition coefficient (Wildman–Crippen LogP) is 1.43. The number of methoxy groups -OCH3 is 1. The molecule has 0 bridgehead atoms. The molecule has 0 amide bonds. The summed E-state index contributed by atoms with van der Waals surface area (Å²) >= 11 is 3.22. The highest BCUT2D eigenvalue weighted by atomic mass is 79.9. The third-order valence-corrected chi connectivity index (χ3v) is 3.45. The molecule has 0 aliphatic heterocycles. The Kier molecular flexibility index (Phi) is 2.81. The number of hydrogen-bond donors (Lipinski definition) is 0. The number of aromatic nitrogens is 3. The number of ether oxygens (including phenoxy) is 1. The fourth-order valence-electron chi connectivity index (χ4n) is 1.15. The minimum Gasteiger partial charge on any atom is -0.481 e. The largest absolute Gasteiger partial charge is 0.481 e. The molecule has 6 nitrogen and oxygen atoms in total. The summed E-state index contributed by atoms with van der Waals surface area (Å²) in [6.45, 7) is 0. The van der Waals surface area contributed by atoms with E-state index in [1.807, 2.05) is 0 Å². The zero-order valence-corrected chi connectivity index (χ0v) is 11.0. The average molecular weight is 327 g/mol. The summed E-state index contributed by atoms with van der Waals surface area (Å²) in [5.41, 5.74) is 0.318. The minimum absolute atomic E-state index is 0.318. The first-order valence-corrected chi connectivity index (χ1v) is 7.07. The summed E-state index contributed by atoms with van der Waals surface area (Å²) in [4.78, 5) is 3.80. The van der Waals surface area contributed by atoms with Crippen molar-refractivity contribution in [2.45, 2.75) is 5.16 Å². The first-order chi connectivity index (χ1) is 7.43. The first kappa shape index (κ1) is 11.6. The molecule has 2 rings (SSSR count). The van der Waals surface area contributed by atoms with Gasteiger partial charge in [0, 0.05) is 16.7 Å². The monoisotopic (exact) mass is 325 g/mol. The summed E-state index contributed by atoms with van der Waals surface area (Å²) in [6.07, 6.45) is 0. The third-order valence-electron chi connectivity index (χ3n) is 1.81. The molecule has 0 aromatic carbocycles. The first-order valence-electron chi connectivity index (χ1n) is 3.97. The lowest BCUT2D eigenvalue weighted by molar-refractivity contribution is 0.384. The van der Waals surface area contributed by atoms with Crippen LogP contribution in [0.2, 0.25) is 0 Å². The van der Waals surface area contributed by atoms with Gasteiger partial charge in [0.1, 0.15) is 0 Å². The number of halogens is 2. The van der Waals surface area contributed by atoms with Gasteiger partial charge in [-0.05, 0) is 22.0 Å². The van der Waals surface area contributed by atoms with Gasteiger partial charge in [0.2, 0.25) is 5.88 Å². The lowest BCUT2D eigenvalue weighted by Crippen LogP contribution is -1.97. The van der Waals surface area contributed by atoms with Crippen LogP contribution in [0.4, 0.5) is 0 Å². The predicted molar refractivity (Wildman–Crippen MR) is 60.3 cm³/mol. The van der Waals surface area contributed by atoms with Crippen molar-refractivity contribution < 1.29 is 13.2 Å². The van der Waals surface area contributed by atoms with E-state index in [0.717, 1.165) is 0 Å². The Morgan fingerprint density at radius 3 is 2.75 bits per heavy atom. The molecule has 2 aromatic rings. The quantitative estimate of drug-likeness (QED) is 0.781. The normalized spacial score (nSPS) is 11.9. The van der Waals surface area contributed by atoms with Gasteiger partial charge in [0.05, 0.1) is 11.6 Å². The third kappa shape index (κ3) is 1.87. The second-order valence-corrected chi connectivity index (χ2v) is 6.11. The molecule has 0 aliphatic rings. The summed E-state index contributed by atoms with van der Waals surface area (Å²) in [5.74, 6) is 0.359. The van der Waals surface area contributed by atoms with Crippen molar-refractivity contribution in [1.82, 2.24) is 14.6 Å². The molecule has 0 spiro atoms. The van der Waals surface area contributed by atoms with Gasteiger partial charge in [0.25, 0.3) is 14.2 Å². The van der Waals surface area contributed by atoms with Gasteiger partial charge >= 0.3 is 0 Å². The molecular formula is C7H5BrClN3O3S. The van der Waals surface area contributed by atoms with Gasteiger partial charge in [0.15, 0.2) is 5.65 Å². The van der Waals surface area contributed by atoms with E-state index in [1.54, 1.807) is 12.1 Å². The van der Waals surface area contributed by atoms with Gasteiger partial charge in [-0.1, -0.05) is 0 Å². The highest BCUT2D eigenvalue weighted by Crippen LogP contribution is 2.23. The van der Waals surface area contributed by atoms with Gasteiger partial charge in [-0.3, -0.25) is 0 Å². The van der Waals surface area contributed by atoms with Crippen molar-refractivity contribution in [3.63, 3.8) is 0 Å². The number of nitrogens with zero attached hydrogens (tertiary/aromatic N) is 3. The molecule has 2 aromatic heterocycles. The van der Waals surface area contributed by atoms with Gasteiger partial charge in [-0.2, -0.15) is 9.50 Å². The molecule has 0 N–H and O–H groups in total. The van der Waals surface area contributed by atoms with Crippen molar-refractivity contribution >= 4 is 41.3 Å². The van der Waals surface area contributed by atoms with Crippen molar-refractivity contribution in [3.8, 4) is 5.88 Å². The van der Waals surface area contributed by atoms with Crippen molar-refractivity contribution in [3.05, 3.63) is 16.6 Å². The van der Waals surface area contributed by atoms with Crippen molar-refractivity contribution in [2.24, 2.45) is 0 Å². The molecule has 2 heterocycles. The van der Waals surface area contributed by atoms with Crippen LogP contribution in [-0.4, -0.2) is 30.1 Å². The second-order valence-electron chi connectivity index (χ2n) is 2.79. The Balaban J connectivity index is 2.83. The Hall–Kier alpha value is -0.860. The maximum absolute atomic E-state index is 11.1. The van der Waals surface area contributed by atoms with E-state index < -0.39 is 14.2 Å². The lowest BCUT2D eigenvalue weighted by atomic mass is 10.5. The van der Waals surface area contributed by atoms with Crippen LogP contribution >= 0.6 is 26.6 Å². The van der Waals surface area contributed by atoms with Crippen molar-refractivity contribution in [1.29, 1.82) is 0 Å². The fourth-order valence-corrected chi connectivity index (χ4v) is 2.11. The molecule has 0 aliphatic carbocycles. The van der Waals surface area contributed by atoms with Crippen molar-refractivity contribution in [2.75, 3.05) is 7.11 Å². The SMILES string of the molecule is COc1ccc(Br)c2nc(S(=O)(=O)Cl)nn12. The van der Waals surface area contributed by atoms with E-state index in [2.05, 4.69) is 26.0 Å². The van der Waals surface area contributed by atoms with E-state index in [9.17, 15) is 8.42 Å². The number of rotatable bonds is 2. The summed E-state index contributed by atoms with van der Waals surface area (Å²) in [6, 6.07) is 3.30. The fraction of sp³-hybridized carbons (Fsp3) is 0.143. The molecule has 86 valence electrons. The van der Waals surface area contributed by atoms with Crippen LogP contribution in [0.15, 0.2) is 21.8 Å². The Labute approximate surface area is 104 Å². The second kappa shape index (κ2) is 3.86.